The van der Waals surface area contributed by atoms with Crippen LogP contribution in [-0.4, -0.2) is 25.9 Å². The number of rotatable bonds is 3. The van der Waals surface area contributed by atoms with Crippen molar-refractivity contribution < 1.29 is 18.9 Å². The van der Waals surface area contributed by atoms with Crippen LogP contribution < -0.4 is 9.47 Å². The molecule has 4 rings (SSSR count). The summed E-state index contributed by atoms with van der Waals surface area (Å²) in [6, 6.07) is 11.3. The van der Waals surface area contributed by atoms with Crippen LogP contribution in [0, 0.1) is 56.2 Å². The molecule has 1 saturated carbocycles. The van der Waals surface area contributed by atoms with Gasteiger partial charge in [-0.25, -0.2) is 0 Å². The molecule has 2 aliphatic heterocycles. The second kappa shape index (κ2) is 6.37. The van der Waals surface area contributed by atoms with Gasteiger partial charge in [-0.15, -0.1) is 0 Å². The number of hydrogen-bond acceptors (Lipinski definition) is 8. The van der Waals surface area contributed by atoms with Gasteiger partial charge in [-0.2, -0.15) is 15.8 Å². The zero-order valence-electron chi connectivity index (χ0n) is 16.2. The molecule has 1 aliphatic carbocycles. The number of nitrogens with zero attached hydrogens (tertiary/aromatic N) is 3. The van der Waals surface area contributed by atoms with Crippen molar-refractivity contribution in [3.63, 3.8) is 0 Å². The van der Waals surface area contributed by atoms with Crippen molar-refractivity contribution in [2.45, 2.75) is 37.6 Å². The number of nitrogens with one attached hydrogen (secondary N) is 1. The van der Waals surface area contributed by atoms with Crippen molar-refractivity contribution in [2.75, 3.05) is 14.2 Å². The second-order valence-corrected chi connectivity index (χ2v) is 7.60. The first kappa shape index (κ1) is 19.1. The molecule has 2 bridgehead atoms. The predicted molar refractivity (Wildman–Crippen MR) is 98.6 cm³/mol. The molecule has 2 saturated heterocycles. The van der Waals surface area contributed by atoms with E-state index in [9.17, 15) is 15.8 Å². The monoisotopic (exact) mass is 392 g/mol. The van der Waals surface area contributed by atoms with Gasteiger partial charge >= 0.3 is 0 Å². The Morgan fingerprint density at radius 3 is 2.48 bits per heavy atom. The maximum atomic E-state index is 10.3. The van der Waals surface area contributed by atoms with E-state index in [1.165, 1.54) is 14.2 Å². The van der Waals surface area contributed by atoms with E-state index in [4.69, 9.17) is 24.4 Å². The Morgan fingerprint density at radius 1 is 1.10 bits per heavy atom. The number of ether oxygens (including phenoxy) is 4. The van der Waals surface area contributed by atoms with Crippen molar-refractivity contribution in [2.24, 2.45) is 16.7 Å². The van der Waals surface area contributed by atoms with E-state index < -0.39 is 28.6 Å². The number of methoxy groups -OCH3 is 2. The molecule has 2 heterocycles. The van der Waals surface area contributed by atoms with Gasteiger partial charge in [0, 0.05) is 18.1 Å². The number of nitriles is 3. The minimum Gasteiger partial charge on any atom is -0.497 e. The summed E-state index contributed by atoms with van der Waals surface area (Å²) >= 11 is 0. The molecule has 8 nitrogen and oxygen atoms in total. The summed E-state index contributed by atoms with van der Waals surface area (Å²) in [6.07, 6.45) is 1.54. The van der Waals surface area contributed by atoms with Crippen molar-refractivity contribution in [1.82, 2.24) is 0 Å². The summed E-state index contributed by atoms with van der Waals surface area (Å²) in [7, 11) is 2.99. The number of hydrogen-bond donors (Lipinski definition) is 1. The lowest BCUT2D eigenvalue weighted by molar-refractivity contribution is -0.294. The van der Waals surface area contributed by atoms with E-state index in [0.29, 0.717) is 29.9 Å². The predicted octanol–water partition coefficient (Wildman–Crippen LogP) is 3.21. The van der Waals surface area contributed by atoms with Crippen LogP contribution in [0.5, 0.6) is 11.5 Å². The Balaban J connectivity index is 2.00. The molecule has 148 valence electrons. The van der Waals surface area contributed by atoms with Crippen LogP contribution >= 0.6 is 0 Å². The third kappa shape index (κ3) is 2.11. The summed E-state index contributed by atoms with van der Waals surface area (Å²) < 4.78 is 23.0. The SMILES string of the molecule is COc1ccc([C@H]2O[C@@]34CCCC[C@H]3[C@](C#N)(C(=N)O4)C2(C#N)C#N)c(OC)c1. The fourth-order valence-corrected chi connectivity index (χ4v) is 5.17. The van der Waals surface area contributed by atoms with Crippen LogP contribution in [0.25, 0.3) is 0 Å². The zero-order valence-corrected chi connectivity index (χ0v) is 16.2. The molecule has 1 N–H and O–H groups in total. The molecule has 1 aromatic rings. The highest BCUT2D eigenvalue weighted by Crippen LogP contribution is 2.70. The molecular weight excluding hydrogens is 372 g/mol. The van der Waals surface area contributed by atoms with Gasteiger partial charge in [-0.3, -0.25) is 5.41 Å². The zero-order chi connectivity index (χ0) is 20.9. The van der Waals surface area contributed by atoms with E-state index in [1.54, 1.807) is 18.2 Å². The smallest absolute Gasteiger partial charge is 0.217 e. The number of benzene rings is 1. The largest absolute Gasteiger partial charge is 0.497 e. The first-order valence-corrected chi connectivity index (χ1v) is 9.40. The minimum absolute atomic E-state index is 0.357. The standard InChI is InChI=1S/C21H20N4O4/c1-26-13-6-7-14(15(9-13)27-2)17-19(10-22,11-23)20(12-24)16-5-3-4-8-21(16,28-17)29-18(20)25/h6-7,9,16-17,25H,3-5,8H2,1-2H3/t16-,17+,20+,21+/m0/s1. The molecule has 29 heavy (non-hydrogen) atoms. The van der Waals surface area contributed by atoms with Crippen LogP contribution in [0.1, 0.15) is 37.4 Å². The van der Waals surface area contributed by atoms with E-state index >= 15 is 0 Å². The molecule has 1 aromatic carbocycles. The van der Waals surface area contributed by atoms with Crippen LogP contribution in [0.15, 0.2) is 18.2 Å². The molecular formula is C21H20N4O4. The quantitative estimate of drug-likeness (QED) is 0.835. The fourth-order valence-electron chi connectivity index (χ4n) is 5.17. The lowest BCUT2D eigenvalue weighted by atomic mass is 9.51. The minimum atomic E-state index is -1.97. The molecule has 3 fully saturated rings. The summed E-state index contributed by atoms with van der Waals surface area (Å²) in [5.74, 6) is -1.20. The van der Waals surface area contributed by atoms with E-state index in [1.807, 2.05) is 0 Å². The lowest BCUT2D eigenvalue weighted by Crippen LogP contribution is -2.60. The van der Waals surface area contributed by atoms with Crippen LogP contribution in [0.4, 0.5) is 0 Å². The Labute approximate surface area is 168 Å². The Kier molecular flexibility index (Phi) is 4.19. The van der Waals surface area contributed by atoms with Crippen molar-refractivity contribution in [3.8, 4) is 29.7 Å². The molecule has 0 radical (unpaired) electrons. The Bertz CT molecular complexity index is 989. The van der Waals surface area contributed by atoms with Gasteiger partial charge in [0.05, 0.1) is 38.3 Å². The van der Waals surface area contributed by atoms with Crippen molar-refractivity contribution >= 4 is 5.90 Å². The van der Waals surface area contributed by atoms with Gasteiger partial charge in [-0.05, 0) is 25.0 Å². The third-order valence-electron chi connectivity index (χ3n) is 6.54. The molecule has 0 aromatic heterocycles. The molecule has 0 unspecified atom stereocenters. The van der Waals surface area contributed by atoms with Crippen molar-refractivity contribution in [1.29, 1.82) is 21.2 Å². The Hall–Kier alpha value is -3.28. The topological polar surface area (TPSA) is 132 Å². The summed E-state index contributed by atoms with van der Waals surface area (Å²) in [6.45, 7) is 0. The average molecular weight is 392 g/mol. The first-order valence-electron chi connectivity index (χ1n) is 9.40. The molecule has 0 amide bonds. The van der Waals surface area contributed by atoms with Gasteiger partial charge in [0.25, 0.3) is 0 Å². The third-order valence-corrected chi connectivity index (χ3v) is 6.54. The van der Waals surface area contributed by atoms with Gasteiger partial charge in [0.1, 0.15) is 17.6 Å². The van der Waals surface area contributed by atoms with E-state index in [0.717, 1.165) is 12.8 Å². The summed E-state index contributed by atoms with van der Waals surface area (Å²) in [5.41, 5.74) is -3.24. The molecule has 3 aliphatic rings. The molecule has 8 heteroatoms. The maximum absolute atomic E-state index is 10.3. The summed E-state index contributed by atoms with van der Waals surface area (Å²) in [4.78, 5) is 0. The lowest BCUT2D eigenvalue weighted by Gasteiger charge is -2.51. The Morgan fingerprint density at radius 2 is 1.86 bits per heavy atom. The first-order chi connectivity index (χ1) is 14.0. The molecule has 0 spiro atoms. The van der Waals surface area contributed by atoms with Crippen molar-refractivity contribution in [3.05, 3.63) is 23.8 Å². The second-order valence-electron chi connectivity index (χ2n) is 7.60. The highest BCUT2D eigenvalue weighted by atomic mass is 16.7. The van der Waals surface area contributed by atoms with E-state index in [-0.39, 0.29) is 5.90 Å². The van der Waals surface area contributed by atoms with Crippen LogP contribution in [-0.2, 0) is 9.47 Å². The highest BCUT2D eigenvalue weighted by Gasteiger charge is 2.80. The average Bonchev–Trinajstić information content (AvgIpc) is 2.97. The van der Waals surface area contributed by atoms with Gasteiger partial charge in [0.2, 0.25) is 17.1 Å². The van der Waals surface area contributed by atoms with Gasteiger partial charge < -0.3 is 18.9 Å². The highest BCUT2D eigenvalue weighted by molar-refractivity contribution is 5.89. The normalized spacial score (nSPS) is 34.0. The van der Waals surface area contributed by atoms with Gasteiger partial charge in [-0.1, -0.05) is 6.42 Å². The maximum Gasteiger partial charge on any atom is 0.217 e. The van der Waals surface area contributed by atoms with Gasteiger partial charge in [0.15, 0.2) is 5.41 Å². The fraction of sp³-hybridized carbons (Fsp3) is 0.524. The van der Waals surface area contributed by atoms with E-state index in [2.05, 4.69) is 18.2 Å². The molecule has 4 atom stereocenters. The van der Waals surface area contributed by atoms with Crippen LogP contribution in [0.3, 0.4) is 0 Å². The summed E-state index contributed by atoms with van der Waals surface area (Å²) in [5, 5.41) is 39.3. The van der Waals surface area contributed by atoms with Crippen LogP contribution in [0.2, 0.25) is 0 Å².